The Bertz CT molecular complexity index is 478. The summed E-state index contributed by atoms with van der Waals surface area (Å²) in [6, 6.07) is 10.2. The molecule has 1 aromatic carbocycles. The fourth-order valence-corrected chi connectivity index (χ4v) is 2.23. The first-order valence-electron chi connectivity index (χ1n) is 6.21. The standard InChI is InChI=1S/C14H17N3O/c1-16-11-12-7-3-4-8-13(12)17(14(16)18)10-6-2-5-9-15/h3-4,7-8H,2,5-6,10-11H2,1H3. The van der Waals surface area contributed by atoms with Gasteiger partial charge in [0.05, 0.1) is 11.8 Å². The van der Waals surface area contributed by atoms with Gasteiger partial charge in [0.1, 0.15) is 0 Å². The number of unbranched alkanes of at least 4 members (excludes halogenated alkanes) is 2. The number of carbonyl (C=O) groups excluding carboxylic acids is 1. The van der Waals surface area contributed by atoms with Crippen LogP contribution in [0.25, 0.3) is 0 Å². The first kappa shape index (κ1) is 12.4. The second-order valence-electron chi connectivity index (χ2n) is 4.53. The minimum absolute atomic E-state index is 0.0469. The van der Waals surface area contributed by atoms with Crippen molar-refractivity contribution in [1.29, 1.82) is 5.26 Å². The molecule has 0 atom stereocenters. The zero-order valence-corrected chi connectivity index (χ0v) is 10.6. The summed E-state index contributed by atoms with van der Waals surface area (Å²) in [5.41, 5.74) is 2.19. The lowest BCUT2D eigenvalue weighted by atomic mass is 10.1. The predicted octanol–water partition coefficient (Wildman–Crippen LogP) is 2.75. The minimum Gasteiger partial charge on any atom is -0.323 e. The Morgan fingerprint density at radius 1 is 1.33 bits per heavy atom. The minimum atomic E-state index is 0.0469. The second kappa shape index (κ2) is 5.54. The van der Waals surface area contributed by atoms with E-state index in [2.05, 4.69) is 12.1 Å². The first-order valence-corrected chi connectivity index (χ1v) is 6.21. The van der Waals surface area contributed by atoms with Crippen LogP contribution in [0.1, 0.15) is 24.8 Å². The largest absolute Gasteiger partial charge is 0.324 e. The highest BCUT2D eigenvalue weighted by molar-refractivity contribution is 5.94. The molecule has 0 saturated carbocycles. The van der Waals surface area contributed by atoms with Crippen molar-refractivity contribution >= 4 is 11.7 Å². The maximum absolute atomic E-state index is 12.1. The van der Waals surface area contributed by atoms with Crippen LogP contribution in [0.4, 0.5) is 10.5 Å². The number of nitrogens with zero attached hydrogens (tertiary/aromatic N) is 3. The van der Waals surface area contributed by atoms with Gasteiger partial charge in [0, 0.05) is 26.6 Å². The van der Waals surface area contributed by atoms with Gasteiger partial charge in [0.15, 0.2) is 0 Å². The lowest BCUT2D eigenvalue weighted by Crippen LogP contribution is -2.45. The van der Waals surface area contributed by atoms with Gasteiger partial charge in [-0.15, -0.1) is 0 Å². The Hall–Kier alpha value is -2.02. The zero-order chi connectivity index (χ0) is 13.0. The summed E-state index contributed by atoms with van der Waals surface area (Å²) in [5, 5.41) is 8.52. The van der Waals surface area contributed by atoms with E-state index < -0.39 is 0 Å². The van der Waals surface area contributed by atoms with E-state index in [0.29, 0.717) is 19.5 Å². The van der Waals surface area contributed by atoms with Gasteiger partial charge < -0.3 is 4.90 Å². The number of urea groups is 1. The van der Waals surface area contributed by atoms with E-state index in [1.54, 1.807) is 4.90 Å². The van der Waals surface area contributed by atoms with Crippen LogP contribution in [0.15, 0.2) is 24.3 Å². The Morgan fingerprint density at radius 3 is 2.89 bits per heavy atom. The molecular weight excluding hydrogens is 226 g/mol. The van der Waals surface area contributed by atoms with E-state index in [4.69, 9.17) is 5.26 Å². The van der Waals surface area contributed by atoms with Crippen LogP contribution in [0.3, 0.4) is 0 Å². The molecule has 0 saturated heterocycles. The van der Waals surface area contributed by atoms with Crippen LogP contribution >= 0.6 is 0 Å². The molecule has 0 radical (unpaired) electrons. The Balaban J connectivity index is 2.12. The molecule has 4 heteroatoms. The van der Waals surface area contributed by atoms with Gasteiger partial charge in [0.25, 0.3) is 0 Å². The number of para-hydroxylation sites is 1. The van der Waals surface area contributed by atoms with Crippen LogP contribution in [-0.2, 0) is 6.54 Å². The molecule has 0 aromatic heterocycles. The summed E-state index contributed by atoms with van der Waals surface area (Å²) in [5.74, 6) is 0. The Morgan fingerprint density at radius 2 is 2.11 bits per heavy atom. The average Bonchev–Trinajstić information content (AvgIpc) is 2.38. The van der Waals surface area contributed by atoms with Gasteiger partial charge >= 0.3 is 6.03 Å². The third-order valence-corrected chi connectivity index (χ3v) is 3.17. The number of amides is 2. The maximum atomic E-state index is 12.1. The average molecular weight is 243 g/mol. The van der Waals surface area contributed by atoms with Gasteiger partial charge in [-0.05, 0) is 24.5 Å². The van der Waals surface area contributed by atoms with Crippen LogP contribution < -0.4 is 4.90 Å². The smallest absolute Gasteiger partial charge is 0.323 e. The zero-order valence-electron chi connectivity index (χ0n) is 10.6. The van der Waals surface area contributed by atoms with Crippen molar-refractivity contribution in [2.45, 2.75) is 25.8 Å². The molecule has 0 N–H and O–H groups in total. The molecule has 0 fully saturated rings. The second-order valence-corrected chi connectivity index (χ2v) is 4.53. The molecule has 0 aliphatic carbocycles. The fraction of sp³-hybridized carbons (Fsp3) is 0.429. The Labute approximate surface area is 107 Å². The van der Waals surface area contributed by atoms with Crippen LogP contribution in [0.5, 0.6) is 0 Å². The summed E-state index contributed by atoms with van der Waals surface area (Å²) in [6.07, 6.45) is 2.26. The summed E-state index contributed by atoms with van der Waals surface area (Å²) >= 11 is 0. The van der Waals surface area contributed by atoms with Crippen molar-refractivity contribution < 1.29 is 4.79 Å². The molecule has 1 heterocycles. The molecular formula is C14H17N3O. The summed E-state index contributed by atoms with van der Waals surface area (Å²) in [6.45, 7) is 1.35. The molecule has 0 bridgehead atoms. The third kappa shape index (κ3) is 2.45. The molecule has 1 aliphatic rings. The van der Waals surface area contributed by atoms with E-state index in [-0.39, 0.29) is 6.03 Å². The fourth-order valence-electron chi connectivity index (χ4n) is 2.23. The van der Waals surface area contributed by atoms with Crippen molar-refractivity contribution in [2.24, 2.45) is 0 Å². The topological polar surface area (TPSA) is 47.3 Å². The predicted molar refractivity (Wildman–Crippen MR) is 70.1 cm³/mol. The van der Waals surface area contributed by atoms with Crippen LogP contribution in [0.2, 0.25) is 0 Å². The lowest BCUT2D eigenvalue weighted by molar-refractivity contribution is 0.210. The highest BCUT2D eigenvalue weighted by atomic mass is 16.2. The number of rotatable bonds is 4. The Kier molecular flexibility index (Phi) is 3.83. The number of nitriles is 1. The molecule has 4 nitrogen and oxygen atoms in total. The van der Waals surface area contributed by atoms with Gasteiger partial charge in [-0.25, -0.2) is 4.79 Å². The van der Waals surface area contributed by atoms with Gasteiger partial charge in [-0.1, -0.05) is 18.2 Å². The van der Waals surface area contributed by atoms with E-state index in [0.717, 1.165) is 18.5 Å². The molecule has 2 amide bonds. The number of fused-ring (bicyclic) bond motifs is 1. The number of benzene rings is 1. The van der Waals surface area contributed by atoms with E-state index in [9.17, 15) is 4.79 Å². The van der Waals surface area contributed by atoms with Gasteiger partial charge in [0.2, 0.25) is 0 Å². The quantitative estimate of drug-likeness (QED) is 0.763. The van der Waals surface area contributed by atoms with Crippen molar-refractivity contribution in [3.63, 3.8) is 0 Å². The summed E-state index contributed by atoms with van der Waals surface area (Å²) in [4.78, 5) is 15.7. The first-order chi connectivity index (χ1) is 8.74. The van der Waals surface area contributed by atoms with E-state index in [1.807, 2.05) is 30.1 Å². The summed E-state index contributed by atoms with van der Waals surface area (Å²) < 4.78 is 0. The van der Waals surface area contributed by atoms with Crippen molar-refractivity contribution in [3.05, 3.63) is 29.8 Å². The van der Waals surface area contributed by atoms with Crippen molar-refractivity contribution in [2.75, 3.05) is 18.5 Å². The molecule has 1 aromatic rings. The highest BCUT2D eigenvalue weighted by Crippen LogP contribution is 2.27. The lowest BCUT2D eigenvalue weighted by Gasteiger charge is -2.35. The van der Waals surface area contributed by atoms with Crippen LogP contribution in [0, 0.1) is 11.3 Å². The van der Waals surface area contributed by atoms with E-state index >= 15 is 0 Å². The van der Waals surface area contributed by atoms with Gasteiger partial charge in [-0.2, -0.15) is 5.26 Å². The normalized spacial score (nSPS) is 14.3. The summed E-state index contributed by atoms with van der Waals surface area (Å²) in [7, 11) is 1.82. The van der Waals surface area contributed by atoms with E-state index in [1.165, 1.54) is 5.56 Å². The SMILES string of the molecule is CN1Cc2ccccc2N(CCCCC#N)C1=O. The maximum Gasteiger partial charge on any atom is 0.324 e. The van der Waals surface area contributed by atoms with Crippen molar-refractivity contribution in [1.82, 2.24) is 4.90 Å². The van der Waals surface area contributed by atoms with Crippen molar-refractivity contribution in [3.8, 4) is 6.07 Å². The van der Waals surface area contributed by atoms with Crippen LogP contribution in [-0.4, -0.2) is 24.5 Å². The number of anilines is 1. The van der Waals surface area contributed by atoms with Gasteiger partial charge in [-0.3, -0.25) is 4.90 Å². The monoisotopic (exact) mass is 243 g/mol. The highest BCUT2D eigenvalue weighted by Gasteiger charge is 2.26. The molecule has 94 valence electrons. The molecule has 2 rings (SSSR count). The molecule has 0 spiro atoms. The molecule has 1 aliphatic heterocycles. The number of hydrogen-bond acceptors (Lipinski definition) is 2. The molecule has 0 unspecified atom stereocenters. The third-order valence-electron chi connectivity index (χ3n) is 3.17. The molecule has 18 heavy (non-hydrogen) atoms. The number of carbonyl (C=O) groups is 1. The number of hydrogen-bond donors (Lipinski definition) is 0.